The molecule has 0 aromatic carbocycles. The van der Waals surface area contributed by atoms with Gasteiger partial charge in [0.1, 0.15) is 0 Å². The van der Waals surface area contributed by atoms with Gasteiger partial charge < -0.3 is 11.1 Å². The van der Waals surface area contributed by atoms with Crippen LogP contribution in [-0.2, 0) is 4.79 Å². The molecule has 0 aromatic heterocycles. The third-order valence-corrected chi connectivity index (χ3v) is 4.92. The molecule has 3 N–H and O–H groups in total. The molecule has 21 heavy (non-hydrogen) atoms. The van der Waals surface area contributed by atoms with Crippen LogP contribution in [0.2, 0.25) is 0 Å². The summed E-state index contributed by atoms with van der Waals surface area (Å²) < 4.78 is 0. The van der Waals surface area contributed by atoms with E-state index in [1.54, 1.807) is 0 Å². The number of amides is 1. The molecule has 126 valence electrons. The van der Waals surface area contributed by atoms with Crippen LogP contribution in [0.15, 0.2) is 0 Å². The molecule has 6 heteroatoms. The Morgan fingerprint density at radius 2 is 1.71 bits per heavy atom. The monoisotopic (exact) mass is 339 g/mol. The molecule has 1 saturated carbocycles. The Labute approximate surface area is 141 Å². The molecule has 2 fully saturated rings. The molecule has 0 bridgehead atoms. The third kappa shape index (κ3) is 5.27. The number of nitrogens with two attached hydrogens (primary N) is 1. The molecule has 1 unspecified atom stereocenters. The molecule has 1 amide bonds. The first kappa shape index (κ1) is 21.0. The van der Waals surface area contributed by atoms with Crippen LogP contribution < -0.4 is 11.1 Å². The number of hydrogen-bond donors (Lipinski definition) is 2. The van der Waals surface area contributed by atoms with Gasteiger partial charge in [0.15, 0.2) is 0 Å². The van der Waals surface area contributed by atoms with E-state index in [2.05, 4.69) is 24.1 Å². The summed E-state index contributed by atoms with van der Waals surface area (Å²) in [5.74, 6) is 0.731. The van der Waals surface area contributed by atoms with Crippen molar-refractivity contribution >= 4 is 30.7 Å². The van der Waals surface area contributed by atoms with E-state index in [0.717, 1.165) is 19.4 Å². The Morgan fingerprint density at radius 1 is 1.19 bits per heavy atom. The third-order valence-electron chi connectivity index (χ3n) is 4.92. The van der Waals surface area contributed by atoms with Gasteiger partial charge in [-0.05, 0) is 44.7 Å². The Balaban J connectivity index is 0.00000200. The summed E-state index contributed by atoms with van der Waals surface area (Å²) in [6.45, 7) is 7.65. The van der Waals surface area contributed by atoms with Crippen LogP contribution in [0.3, 0.4) is 0 Å². The molecule has 1 atom stereocenters. The van der Waals surface area contributed by atoms with Crippen LogP contribution in [0, 0.1) is 5.92 Å². The van der Waals surface area contributed by atoms with Gasteiger partial charge in [0.2, 0.25) is 5.91 Å². The van der Waals surface area contributed by atoms with E-state index >= 15 is 0 Å². The van der Waals surface area contributed by atoms with E-state index in [9.17, 15) is 4.79 Å². The zero-order valence-electron chi connectivity index (χ0n) is 13.3. The van der Waals surface area contributed by atoms with Crippen molar-refractivity contribution in [3.63, 3.8) is 0 Å². The van der Waals surface area contributed by atoms with Crippen molar-refractivity contribution in [1.29, 1.82) is 0 Å². The second-order valence-corrected chi connectivity index (χ2v) is 6.25. The van der Waals surface area contributed by atoms with Gasteiger partial charge in [0.05, 0.1) is 5.54 Å². The molecule has 1 aliphatic carbocycles. The highest BCUT2D eigenvalue weighted by atomic mass is 35.5. The van der Waals surface area contributed by atoms with Gasteiger partial charge in [0.25, 0.3) is 0 Å². The van der Waals surface area contributed by atoms with Crippen LogP contribution in [0.5, 0.6) is 0 Å². The highest BCUT2D eigenvalue weighted by molar-refractivity contribution is 5.89. The molecule has 2 aliphatic rings. The zero-order chi connectivity index (χ0) is 13.9. The summed E-state index contributed by atoms with van der Waals surface area (Å²) in [6.07, 6.45) is 6.65. The number of likely N-dealkylation sites (tertiary alicyclic amines) is 1. The first-order chi connectivity index (χ1) is 9.10. The zero-order valence-corrected chi connectivity index (χ0v) is 14.9. The molecule has 1 aliphatic heterocycles. The van der Waals surface area contributed by atoms with Gasteiger partial charge in [-0.15, -0.1) is 24.8 Å². The maximum Gasteiger partial charge on any atom is 0.240 e. The van der Waals surface area contributed by atoms with Gasteiger partial charge in [-0.1, -0.05) is 26.7 Å². The van der Waals surface area contributed by atoms with E-state index in [0.29, 0.717) is 12.0 Å². The smallest absolute Gasteiger partial charge is 0.240 e. The Kier molecular flexibility index (Phi) is 9.17. The Morgan fingerprint density at radius 3 is 2.14 bits per heavy atom. The lowest BCUT2D eigenvalue weighted by atomic mass is 9.92. The predicted octanol–water partition coefficient (Wildman–Crippen LogP) is 2.34. The van der Waals surface area contributed by atoms with E-state index in [1.165, 1.54) is 38.8 Å². The molecule has 1 heterocycles. The van der Waals surface area contributed by atoms with Gasteiger partial charge in [-0.25, -0.2) is 0 Å². The van der Waals surface area contributed by atoms with E-state index in [1.807, 2.05) is 0 Å². The van der Waals surface area contributed by atoms with Crippen molar-refractivity contribution in [2.24, 2.45) is 11.7 Å². The summed E-state index contributed by atoms with van der Waals surface area (Å²) in [5.41, 5.74) is 5.41. The topological polar surface area (TPSA) is 58.4 Å². The van der Waals surface area contributed by atoms with Crippen molar-refractivity contribution in [2.75, 3.05) is 19.6 Å². The van der Waals surface area contributed by atoms with Crippen molar-refractivity contribution in [3.8, 4) is 0 Å². The van der Waals surface area contributed by atoms with E-state index < -0.39 is 5.54 Å². The Bertz CT molecular complexity index is 312. The summed E-state index contributed by atoms with van der Waals surface area (Å²) in [5, 5.41) is 3.11. The fourth-order valence-electron chi connectivity index (χ4n) is 3.24. The van der Waals surface area contributed by atoms with Crippen LogP contribution in [0.4, 0.5) is 0 Å². The van der Waals surface area contributed by atoms with Crippen LogP contribution >= 0.6 is 24.8 Å². The van der Waals surface area contributed by atoms with Crippen molar-refractivity contribution in [3.05, 3.63) is 0 Å². The van der Waals surface area contributed by atoms with Gasteiger partial charge in [-0.2, -0.15) is 0 Å². The first-order valence-corrected chi connectivity index (χ1v) is 7.92. The summed E-state index contributed by atoms with van der Waals surface area (Å²) >= 11 is 0. The minimum absolute atomic E-state index is 0. The summed E-state index contributed by atoms with van der Waals surface area (Å²) in [7, 11) is 0. The first-order valence-electron chi connectivity index (χ1n) is 7.92. The normalized spacial score (nSPS) is 21.3. The lowest BCUT2D eigenvalue weighted by Gasteiger charge is -2.34. The van der Waals surface area contributed by atoms with Crippen LogP contribution in [0.25, 0.3) is 0 Å². The molecule has 2 rings (SSSR count). The number of hydrogen-bond acceptors (Lipinski definition) is 3. The van der Waals surface area contributed by atoms with Gasteiger partial charge in [0, 0.05) is 12.6 Å². The standard InChI is InChI=1S/C15H29N3O.2ClH/c1-3-12(4-2)13(18-9-5-6-10-18)11-17-14(19)15(16)7-8-15;;/h12-13H,3-11,16H2,1-2H3,(H,17,19);2*1H. The van der Waals surface area contributed by atoms with Crippen LogP contribution in [-0.4, -0.2) is 42.0 Å². The minimum atomic E-state index is -0.538. The molecular weight excluding hydrogens is 309 g/mol. The average Bonchev–Trinajstić information content (AvgIpc) is 2.95. The largest absolute Gasteiger partial charge is 0.353 e. The van der Waals surface area contributed by atoms with Crippen molar-refractivity contribution in [1.82, 2.24) is 10.2 Å². The van der Waals surface area contributed by atoms with Gasteiger partial charge >= 0.3 is 0 Å². The number of nitrogens with one attached hydrogen (secondary N) is 1. The quantitative estimate of drug-likeness (QED) is 0.748. The highest BCUT2D eigenvalue weighted by Crippen LogP contribution is 2.32. The number of carbonyl (C=O) groups is 1. The molecule has 0 spiro atoms. The summed E-state index contributed by atoms with van der Waals surface area (Å²) in [6, 6.07) is 0.490. The number of rotatable bonds is 7. The lowest BCUT2D eigenvalue weighted by Crippen LogP contribution is -2.51. The van der Waals surface area contributed by atoms with Crippen LogP contribution in [0.1, 0.15) is 52.4 Å². The number of halogens is 2. The fourth-order valence-corrected chi connectivity index (χ4v) is 3.24. The maximum absolute atomic E-state index is 12.0. The molecular formula is C15H31Cl2N3O. The lowest BCUT2D eigenvalue weighted by molar-refractivity contribution is -0.123. The highest BCUT2D eigenvalue weighted by Gasteiger charge is 2.46. The maximum atomic E-state index is 12.0. The van der Waals surface area contributed by atoms with Gasteiger partial charge in [-0.3, -0.25) is 9.69 Å². The SMILES string of the molecule is CCC(CC)C(CNC(=O)C1(N)CC1)N1CCCC1.Cl.Cl. The average molecular weight is 340 g/mol. The molecule has 1 saturated heterocycles. The minimum Gasteiger partial charge on any atom is -0.353 e. The summed E-state index contributed by atoms with van der Waals surface area (Å²) in [4.78, 5) is 14.6. The Hall–Kier alpha value is -0.0300. The van der Waals surface area contributed by atoms with E-state index in [4.69, 9.17) is 5.73 Å². The molecule has 4 nitrogen and oxygen atoms in total. The molecule has 0 radical (unpaired) electrons. The number of nitrogens with zero attached hydrogens (tertiary/aromatic N) is 1. The van der Waals surface area contributed by atoms with Crippen molar-refractivity contribution < 1.29 is 4.79 Å². The van der Waals surface area contributed by atoms with Crippen molar-refractivity contribution in [2.45, 2.75) is 64.0 Å². The predicted molar refractivity (Wildman–Crippen MR) is 92.3 cm³/mol. The second-order valence-electron chi connectivity index (χ2n) is 6.25. The van der Waals surface area contributed by atoms with E-state index in [-0.39, 0.29) is 30.7 Å². The fraction of sp³-hybridized carbons (Fsp3) is 0.933. The molecule has 0 aromatic rings. The number of carbonyl (C=O) groups excluding carboxylic acids is 1. The second kappa shape index (κ2) is 9.19.